The summed E-state index contributed by atoms with van der Waals surface area (Å²) in [6.45, 7) is 3.15. The number of halogens is 2. The molecule has 1 aliphatic rings. The molecule has 0 unspecified atom stereocenters. The highest BCUT2D eigenvalue weighted by Crippen LogP contribution is 2.24. The van der Waals surface area contributed by atoms with Gasteiger partial charge in [-0.25, -0.2) is 0 Å². The SMILES string of the molecule is C[C@@H](O)[C@H]1CCCN(C(=O)Cc2cc(Cl)ccc2Cl)C1. The Kier molecular flexibility index (Phi) is 5.30. The lowest BCUT2D eigenvalue weighted by atomic mass is 9.93. The van der Waals surface area contributed by atoms with Gasteiger partial charge in [0.05, 0.1) is 12.5 Å². The maximum Gasteiger partial charge on any atom is 0.227 e. The number of aliphatic hydroxyl groups excluding tert-OH is 1. The lowest BCUT2D eigenvalue weighted by Crippen LogP contribution is -2.43. The number of nitrogens with zero attached hydrogens (tertiary/aromatic N) is 1. The van der Waals surface area contributed by atoms with Crippen molar-refractivity contribution in [3.63, 3.8) is 0 Å². The van der Waals surface area contributed by atoms with Crippen LogP contribution in [0.15, 0.2) is 18.2 Å². The van der Waals surface area contributed by atoms with Crippen LogP contribution in [0.5, 0.6) is 0 Å². The van der Waals surface area contributed by atoms with E-state index in [2.05, 4.69) is 0 Å². The second kappa shape index (κ2) is 6.79. The van der Waals surface area contributed by atoms with Crippen molar-refractivity contribution < 1.29 is 9.90 Å². The normalized spacial score (nSPS) is 20.8. The van der Waals surface area contributed by atoms with Gasteiger partial charge in [-0.05, 0) is 43.5 Å². The van der Waals surface area contributed by atoms with Crippen molar-refractivity contribution in [1.82, 2.24) is 4.90 Å². The predicted octanol–water partition coefficient (Wildman–Crippen LogP) is 3.16. The average molecular weight is 316 g/mol. The first kappa shape index (κ1) is 15.6. The van der Waals surface area contributed by atoms with Crippen molar-refractivity contribution in [2.45, 2.75) is 32.3 Å². The van der Waals surface area contributed by atoms with Crippen molar-refractivity contribution in [2.75, 3.05) is 13.1 Å². The van der Waals surface area contributed by atoms with E-state index >= 15 is 0 Å². The minimum absolute atomic E-state index is 0.0412. The Bertz CT molecular complexity index is 491. The summed E-state index contributed by atoms with van der Waals surface area (Å²) < 4.78 is 0. The zero-order valence-corrected chi connectivity index (χ0v) is 13.0. The van der Waals surface area contributed by atoms with E-state index in [1.54, 1.807) is 25.1 Å². The molecular formula is C15H19Cl2NO2. The molecule has 1 saturated heterocycles. The van der Waals surface area contributed by atoms with Gasteiger partial charge >= 0.3 is 0 Å². The molecule has 2 atom stereocenters. The molecule has 0 radical (unpaired) electrons. The molecule has 20 heavy (non-hydrogen) atoms. The number of hydrogen-bond donors (Lipinski definition) is 1. The van der Waals surface area contributed by atoms with E-state index in [9.17, 15) is 9.90 Å². The van der Waals surface area contributed by atoms with E-state index in [1.807, 2.05) is 4.90 Å². The third-order valence-corrected chi connectivity index (χ3v) is 4.45. The summed E-state index contributed by atoms with van der Waals surface area (Å²) in [7, 11) is 0. The first-order valence-corrected chi connectivity index (χ1v) is 7.62. The molecule has 1 amide bonds. The van der Waals surface area contributed by atoms with E-state index in [0.717, 1.165) is 24.9 Å². The van der Waals surface area contributed by atoms with Crippen molar-refractivity contribution >= 4 is 29.1 Å². The topological polar surface area (TPSA) is 40.5 Å². The molecule has 1 aliphatic heterocycles. The maximum absolute atomic E-state index is 12.3. The summed E-state index contributed by atoms with van der Waals surface area (Å²) >= 11 is 12.0. The molecule has 110 valence electrons. The quantitative estimate of drug-likeness (QED) is 0.930. The summed E-state index contributed by atoms with van der Waals surface area (Å²) in [4.78, 5) is 14.2. The zero-order valence-electron chi connectivity index (χ0n) is 11.5. The van der Waals surface area contributed by atoms with E-state index in [4.69, 9.17) is 23.2 Å². The number of rotatable bonds is 3. The number of amides is 1. The Morgan fingerprint density at radius 3 is 2.95 bits per heavy atom. The molecule has 5 heteroatoms. The van der Waals surface area contributed by atoms with Gasteiger partial charge in [0.15, 0.2) is 0 Å². The monoisotopic (exact) mass is 315 g/mol. The van der Waals surface area contributed by atoms with Gasteiger partial charge in [0.1, 0.15) is 0 Å². The first-order chi connectivity index (χ1) is 9.47. The average Bonchev–Trinajstić information content (AvgIpc) is 2.43. The molecule has 1 aromatic carbocycles. The van der Waals surface area contributed by atoms with Gasteiger partial charge < -0.3 is 10.0 Å². The Balaban J connectivity index is 2.02. The molecule has 1 fully saturated rings. The largest absolute Gasteiger partial charge is 0.393 e. The smallest absolute Gasteiger partial charge is 0.227 e. The minimum Gasteiger partial charge on any atom is -0.393 e. The summed E-state index contributed by atoms with van der Waals surface area (Å²) in [5, 5.41) is 10.8. The Labute approximate surface area is 129 Å². The third-order valence-electron chi connectivity index (χ3n) is 3.84. The summed E-state index contributed by atoms with van der Waals surface area (Å²) in [6.07, 6.45) is 1.79. The standard InChI is InChI=1S/C15H19Cl2NO2/c1-10(19)11-3-2-6-18(9-11)15(20)8-12-7-13(16)4-5-14(12)17/h4-5,7,10-11,19H,2-3,6,8-9H2,1H3/t10-,11+/m1/s1. The van der Waals surface area contributed by atoms with Crippen LogP contribution in [0.2, 0.25) is 10.0 Å². The fourth-order valence-electron chi connectivity index (χ4n) is 2.58. The lowest BCUT2D eigenvalue weighted by molar-refractivity contribution is -0.133. The van der Waals surface area contributed by atoms with Crippen LogP contribution in [-0.4, -0.2) is 35.1 Å². The number of carbonyl (C=O) groups is 1. The van der Waals surface area contributed by atoms with Gasteiger partial charge in [0, 0.05) is 29.1 Å². The van der Waals surface area contributed by atoms with Gasteiger partial charge in [0.25, 0.3) is 0 Å². The van der Waals surface area contributed by atoms with Crippen molar-refractivity contribution in [1.29, 1.82) is 0 Å². The number of piperidine rings is 1. The number of hydrogen-bond acceptors (Lipinski definition) is 2. The minimum atomic E-state index is -0.375. The Morgan fingerprint density at radius 1 is 1.50 bits per heavy atom. The second-order valence-electron chi connectivity index (χ2n) is 5.40. The van der Waals surface area contributed by atoms with E-state index in [0.29, 0.717) is 16.6 Å². The molecule has 0 spiro atoms. The number of aliphatic hydroxyl groups is 1. The lowest BCUT2D eigenvalue weighted by Gasteiger charge is -2.34. The second-order valence-corrected chi connectivity index (χ2v) is 6.24. The molecular weight excluding hydrogens is 297 g/mol. The fraction of sp³-hybridized carbons (Fsp3) is 0.533. The Hall–Kier alpha value is -0.770. The molecule has 0 aromatic heterocycles. The van der Waals surface area contributed by atoms with E-state index in [-0.39, 0.29) is 24.3 Å². The molecule has 2 rings (SSSR count). The fourth-order valence-corrected chi connectivity index (χ4v) is 2.96. The zero-order chi connectivity index (χ0) is 14.7. The van der Waals surface area contributed by atoms with E-state index < -0.39 is 0 Å². The van der Waals surface area contributed by atoms with Crippen LogP contribution in [0.4, 0.5) is 0 Å². The van der Waals surface area contributed by atoms with Crippen molar-refractivity contribution in [3.05, 3.63) is 33.8 Å². The van der Waals surface area contributed by atoms with Gasteiger partial charge in [-0.3, -0.25) is 4.79 Å². The molecule has 0 saturated carbocycles. The molecule has 3 nitrogen and oxygen atoms in total. The molecule has 1 heterocycles. The van der Waals surface area contributed by atoms with Gasteiger partial charge in [-0.2, -0.15) is 0 Å². The van der Waals surface area contributed by atoms with Gasteiger partial charge in [-0.15, -0.1) is 0 Å². The van der Waals surface area contributed by atoms with Crippen molar-refractivity contribution in [2.24, 2.45) is 5.92 Å². The highest BCUT2D eigenvalue weighted by Gasteiger charge is 2.26. The van der Waals surface area contributed by atoms with Crippen molar-refractivity contribution in [3.8, 4) is 0 Å². The molecule has 1 N–H and O–H groups in total. The molecule has 0 bridgehead atoms. The van der Waals surface area contributed by atoms with Crippen LogP contribution in [0.3, 0.4) is 0 Å². The molecule has 1 aromatic rings. The predicted molar refractivity (Wildman–Crippen MR) is 81.2 cm³/mol. The van der Waals surface area contributed by atoms with Gasteiger partial charge in [-0.1, -0.05) is 23.2 Å². The van der Waals surface area contributed by atoms with Gasteiger partial charge in [0.2, 0.25) is 5.91 Å². The summed E-state index contributed by atoms with van der Waals surface area (Å²) in [5.41, 5.74) is 0.753. The van der Waals surface area contributed by atoms with Crippen LogP contribution in [0.1, 0.15) is 25.3 Å². The third kappa shape index (κ3) is 3.87. The first-order valence-electron chi connectivity index (χ1n) is 6.87. The highest BCUT2D eigenvalue weighted by atomic mass is 35.5. The maximum atomic E-state index is 12.3. The van der Waals surface area contributed by atoms with Crippen LogP contribution >= 0.6 is 23.2 Å². The highest BCUT2D eigenvalue weighted by molar-refractivity contribution is 6.33. The van der Waals surface area contributed by atoms with Crippen LogP contribution in [0.25, 0.3) is 0 Å². The number of carbonyl (C=O) groups excluding carboxylic acids is 1. The van der Waals surface area contributed by atoms with Crippen LogP contribution in [-0.2, 0) is 11.2 Å². The number of benzene rings is 1. The van der Waals surface area contributed by atoms with Crippen LogP contribution < -0.4 is 0 Å². The number of likely N-dealkylation sites (tertiary alicyclic amines) is 1. The summed E-state index contributed by atoms with van der Waals surface area (Å²) in [6, 6.07) is 5.15. The molecule has 0 aliphatic carbocycles. The summed E-state index contributed by atoms with van der Waals surface area (Å²) in [5.74, 6) is 0.210. The van der Waals surface area contributed by atoms with E-state index in [1.165, 1.54) is 0 Å². The van der Waals surface area contributed by atoms with Crippen LogP contribution in [0, 0.1) is 5.92 Å². The Morgan fingerprint density at radius 2 is 2.25 bits per heavy atom.